The zero-order valence-electron chi connectivity index (χ0n) is 10.0. The van der Waals surface area contributed by atoms with Crippen molar-refractivity contribution in [2.24, 2.45) is 0 Å². The SMILES string of the molecule is COc1cc(Cl)cc2cc(C(C)C)c(=O)[nH]c12. The van der Waals surface area contributed by atoms with Gasteiger partial charge in [-0.2, -0.15) is 0 Å². The fourth-order valence-electron chi connectivity index (χ4n) is 1.86. The smallest absolute Gasteiger partial charge is 0.251 e. The number of fused-ring (bicyclic) bond motifs is 1. The third kappa shape index (κ3) is 2.15. The molecule has 0 atom stereocenters. The Balaban J connectivity index is 2.83. The average molecular weight is 252 g/mol. The summed E-state index contributed by atoms with van der Waals surface area (Å²) in [7, 11) is 1.56. The first-order chi connectivity index (χ1) is 8.02. The average Bonchev–Trinajstić information content (AvgIpc) is 2.27. The lowest BCUT2D eigenvalue weighted by molar-refractivity contribution is 0.419. The normalized spacial score (nSPS) is 11.1. The topological polar surface area (TPSA) is 42.1 Å². The zero-order valence-corrected chi connectivity index (χ0v) is 10.8. The fraction of sp³-hybridized carbons (Fsp3) is 0.308. The second-order valence-corrected chi connectivity index (χ2v) is 4.72. The third-order valence-electron chi connectivity index (χ3n) is 2.75. The van der Waals surface area contributed by atoms with Gasteiger partial charge in [-0.05, 0) is 18.1 Å². The highest BCUT2D eigenvalue weighted by Crippen LogP contribution is 2.28. The molecule has 0 amide bonds. The molecule has 3 nitrogen and oxygen atoms in total. The Morgan fingerprint density at radius 2 is 2.00 bits per heavy atom. The van der Waals surface area contributed by atoms with Crippen molar-refractivity contribution in [1.82, 2.24) is 4.98 Å². The van der Waals surface area contributed by atoms with Gasteiger partial charge in [0.15, 0.2) is 0 Å². The predicted molar refractivity (Wildman–Crippen MR) is 70.2 cm³/mol. The van der Waals surface area contributed by atoms with Crippen LogP contribution in [0.4, 0.5) is 0 Å². The van der Waals surface area contributed by atoms with Crippen LogP contribution in [-0.4, -0.2) is 12.1 Å². The largest absolute Gasteiger partial charge is 0.494 e. The second-order valence-electron chi connectivity index (χ2n) is 4.28. The van der Waals surface area contributed by atoms with Crippen LogP contribution in [0.1, 0.15) is 25.3 Å². The van der Waals surface area contributed by atoms with E-state index in [1.807, 2.05) is 26.0 Å². The summed E-state index contributed by atoms with van der Waals surface area (Å²) in [6.45, 7) is 3.97. The summed E-state index contributed by atoms with van der Waals surface area (Å²) in [4.78, 5) is 14.7. The first-order valence-electron chi connectivity index (χ1n) is 5.43. The molecule has 17 heavy (non-hydrogen) atoms. The van der Waals surface area contributed by atoms with Gasteiger partial charge in [0.05, 0.1) is 12.6 Å². The monoisotopic (exact) mass is 251 g/mol. The van der Waals surface area contributed by atoms with E-state index in [1.54, 1.807) is 13.2 Å². The number of benzene rings is 1. The molecule has 0 saturated heterocycles. The maximum atomic E-state index is 11.9. The maximum absolute atomic E-state index is 11.9. The molecule has 0 saturated carbocycles. The van der Waals surface area contributed by atoms with Crippen LogP contribution in [0.2, 0.25) is 5.02 Å². The van der Waals surface area contributed by atoms with Crippen molar-refractivity contribution in [3.05, 3.63) is 39.1 Å². The molecule has 90 valence electrons. The molecule has 4 heteroatoms. The van der Waals surface area contributed by atoms with Crippen LogP contribution in [0.15, 0.2) is 23.0 Å². The van der Waals surface area contributed by atoms with E-state index in [1.165, 1.54) is 0 Å². The molecule has 0 aliphatic heterocycles. The third-order valence-corrected chi connectivity index (χ3v) is 2.97. The van der Waals surface area contributed by atoms with Crippen LogP contribution in [0.25, 0.3) is 10.9 Å². The van der Waals surface area contributed by atoms with Gasteiger partial charge in [-0.3, -0.25) is 4.79 Å². The molecular weight excluding hydrogens is 238 g/mol. The Bertz CT molecular complexity index is 617. The molecule has 0 aliphatic carbocycles. The number of nitrogens with one attached hydrogen (secondary N) is 1. The Morgan fingerprint density at radius 3 is 2.59 bits per heavy atom. The van der Waals surface area contributed by atoms with Crippen molar-refractivity contribution in [2.75, 3.05) is 7.11 Å². The van der Waals surface area contributed by atoms with E-state index in [2.05, 4.69) is 4.98 Å². The molecule has 2 rings (SSSR count). The molecule has 1 N–H and O–H groups in total. The van der Waals surface area contributed by atoms with Gasteiger partial charge in [0, 0.05) is 22.0 Å². The molecule has 1 aromatic heterocycles. The number of ether oxygens (including phenoxy) is 1. The van der Waals surface area contributed by atoms with Crippen LogP contribution in [0.5, 0.6) is 5.75 Å². The van der Waals surface area contributed by atoms with Crippen LogP contribution in [0.3, 0.4) is 0 Å². The molecule has 0 bridgehead atoms. The quantitative estimate of drug-likeness (QED) is 0.890. The van der Waals surface area contributed by atoms with E-state index < -0.39 is 0 Å². The summed E-state index contributed by atoms with van der Waals surface area (Å²) >= 11 is 6.00. The lowest BCUT2D eigenvalue weighted by atomic mass is 10.0. The van der Waals surface area contributed by atoms with E-state index in [9.17, 15) is 4.79 Å². The molecule has 0 fully saturated rings. The van der Waals surface area contributed by atoms with Gasteiger partial charge in [-0.1, -0.05) is 25.4 Å². The number of pyridine rings is 1. The summed E-state index contributed by atoms with van der Waals surface area (Å²) in [5, 5.41) is 1.48. The number of hydrogen-bond donors (Lipinski definition) is 1. The van der Waals surface area contributed by atoms with Gasteiger partial charge in [0.25, 0.3) is 5.56 Å². The van der Waals surface area contributed by atoms with Crippen molar-refractivity contribution in [3.63, 3.8) is 0 Å². The summed E-state index contributed by atoms with van der Waals surface area (Å²) in [5.41, 5.74) is 1.36. The highest BCUT2D eigenvalue weighted by atomic mass is 35.5. The molecule has 0 aliphatic rings. The summed E-state index contributed by atoms with van der Waals surface area (Å²) in [6, 6.07) is 5.38. The lowest BCUT2D eigenvalue weighted by Crippen LogP contribution is -2.13. The Kier molecular flexibility index (Phi) is 3.11. The van der Waals surface area contributed by atoms with E-state index in [0.29, 0.717) is 16.3 Å². The van der Waals surface area contributed by atoms with Gasteiger partial charge in [0.2, 0.25) is 0 Å². The van der Waals surface area contributed by atoms with E-state index >= 15 is 0 Å². The first-order valence-corrected chi connectivity index (χ1v) is 5.81. The Morgan fingerprint density at radius 1 is 1.29 bits per heavy atom. The van der Waals surface area contributed by atoms with Crippen LogP contribution in [0, 0.1) is 0 Å². The Hall–Kier alpha value is -1.48. The Labute approximate surface area is 104 Å². The minimum Gasteiger partial charge on any atom is -0.494 e. The molecule has 0 spiro atoms. The molecule has 0 unspecified atom stereocenters. The van der Waals surface area contributed by atoms with Crippen molar-refractivity contribution in [2.45, 2.75) is 19.8 Å². The van der Waals surface area contributed by atoms with Crippen molar-refractivity contribution >= 4 is 22.5 Å². The van der Waals surface area contributed by atoms with Gasteiger partial charge < -0.3 is 9.72 Å². The van der Waals surface area contributed by atoms with Gasteiger partial charge in [-0.15, -0.1) is 0 Å². The van der Waals surface area contributed by atoms with Gasteiger partial charge in [-0.25, -0.2) is 0 Å². The van der Waals surface area contributed by atoms with Crippen molar-refractivity contribution in [3.8, 4) is 5.75 Å². The summed E-state index contributed by atoms with van der Waals surface area (Å²) < 4.78 is 5.21. The molecule has 1 heterocycles. The predicted octanol–water partition coefficient (Wildman–Crippen LogP) is 3.31. The molecule has 0 radical (unpaired) electrons. The highest BCUT2D eigenvalue weighted by molar-refractivity contribution is 6.31. The first kappa shape index (κ1) is 12.0. The van der Waals surface area contributed by atoms with Gasteiger partial charge >= 0.3 is 0 Å². The van der Waals surface area contributed by atoms with Gasteiger partial charge in [0.1, 0.15) is 5.75 Å². The number of halogens is 1. The number of aromatic nitrogens is 1. The zero-order chi connectivity index (χ0) is 12.6. The minimum atomic E-state index is -0.0758. The molecule has 2 aromatic rings. The van der Waals surface area contributed by atoms with Crippen molar-refractivity contribution in [1.29, 1.82) is 0 Å². The lowest BCUT2D eigenvalue weighted by Gasteiger charge is -2.09. The van der Waals surface area contributed by atoms with E-state index in [0.717, 1.165) is 10.9 Å². The summed E-state index contributed by atoms with van der Waals surface area (Å²) in [5.74, 6) is 0.757. The fourth-order valence-corrected chi connectivity index (χ4v) is 2.07. The number of methoxy groups -OCH3 is 1. The molecular formula is C13H14ClNO2. The van der Waals surface area contributed by atoms with Crippen LogP contribution in [-0.2, 0) is 0 Å². The molecule has 1 aromatic carbocycles. The maximum Gasteiger partial charge on any atom is 0.251 e. The minimum absolute atomic E-state index is 0.0758. The number of H-pyrrole nitrogens is 1. The summed E-state index contributed by atoms with van der Waals surface area (Å²) in [6.07, 6.45) is 0. The number of aromatic amines is 1. The van der Waals surface area contributed by atoms with Crippen molar-refractivity contribution < 1.29 is 4.74 Å². The standard InChI is InChI=1S/C13H14ClNO2/c1-7(2)10-5-8-4-9(14)6-11(17-3)12(8)15-13(10)16/h4-7H,1-3H3,(H,15,16). The van der Waals surface area contributed by atoms with Crippen LogP contribution < -0.4 is 10.3 Å². The number of rotatable bonds is 2. The van der Waals surface area contributed by atoms with Crippen LogP contribution >= 0.6 is 11.6 Å². The number of hydrogen-bond acceptors (Lipinski definition) is 2. The van der Waals surface area contributed by atoms with E-state index in [-0.39, 0.29) is 11.5 Å². The van der Waals surface area contributed by atoms with E-state index in [4.69, 9.17) is 16.3 Å². The second kappa shape index (κ2) is 4.41. The highest BCUT2D eigenvalue weighted by Gasteiger charge is 2.10.